The summed E-state index contributed by atoms with van der Waals surface area (Å²) in [6, 6.07) is 16.1. The van der Waals surface area contributed by atoms with Crippen LogP contribution in [0, 0.1) is 6.92 Å². The minimum absolute atomic E-state index is 0.144. The minimum Gasteiger partial charge on any atom is -0.465 e. The highest BCUT2D eigenvalue weighted by molar-refractivity contribution is 7.15. The van der Waals surface area contributed by atoms with Gasteiger partial charge in [-0.1, -0.05) is 48.0 Å². The molecule has 4 rings (SSSR count). The number of carbonyl (C=O) groups is 2. The molecule has 0 fully saturated rings. The van der Waals surface area contributed by atoms with Crippen molar-refractivity contribution < 1.29 is 14.3 Å². The molecule has 0 saturated carbocycles. The summed E-state index contributed by atoms with van der Waals surface area (Å²) < 4.78 is 5.01. The smallest absolute Gasteiger partial charge is 0.341 e. The molecule has 0 radical (unpaired) electrons. The number of methoxy groups -OCH3 is 1. The molecule has 0 spiro atoms. The molecule has 154 valence electrons. The highest BCUT2D eigenvalue weighted by atomic mass is 32.1. The Morgan fingerprint density at radius 3 is 2.67 bits per heavy atom. The highest BCUT2D eigenvalue weighted by Crippen LogP contribution is 2.36. The number of carbonyl (C=O) groups excluding carboxylic acids is 2. The Balaban J connectivity index is 1.57. The second-order valence-electron chi connectivity index (χ2n) is 7.41. The fourth-order valence-electron chi connectivity index (χ4n) is 3.82. The number of hydrogen-bond acceptors (Lipinski definition) is 5. The lowest BCUT2D eigenvalue weighted by Gasteiger charge is -2.30. The van der Waals surface area contributed by atoms with Gasteiger partial charge in [0, 0.05) is 23.2 Å². The molecule has 5 nitrogen and oxygen atoms in total. The fourth-order valence-corrected chi connectivity index (χ4v) is 4.79. The minimum atomic E-state index is -0.453. The summed E-state index contributed by atoms with van der Waals surface area (Å²) in [5.41, 5.74) is 5.61. The van der Waals surface area contributed by atoms with Crippen LogP contribution < -0.4 is 10.2 Å². The maximum Gasteiger partial charge on any atom is 0.341 e. The zero-order chi connectivity index (χ0) is 21.1. The molecular weight excluding hydrogens is 396 g/mol. The number of ether oxygens (including phenoxy) is 1. The monoisotopic (exact) mass is 420 g/mol. The summed E-state index contributed by atoms with van der Waals surface area (Å²) in [5, 5.41) is 5.36. The highest BCUT2D eigenvalue weighted by Gasteiger charge is 2.24. The summed E-state index contributed by atoms with van der Waals surface area (Å²) in [7, 11) is 1.36. The largest absolute Gasteiger partial charge is 0.465 e. The first kappa shape index (κ1) is 20.2. The number of esters is 1. The van der Waals surface area contributed by atoms with Crippen molar-refractivity contribution in [1.82, 2.24) is 0 Å². The molecule has 6 heteroatoms. The number of fused-ring (bicyclic) bond motifs is 1. The van der Waals surface area contributed by atoms with Gasteiger partial charge < -0.3 is 15.0 Å². The van der Waals surface area contributed by atoms with Crippen LogP contribution in [0.3, 0.4) is 0 Å². The third-order valence-electron chi connectivity index (χ3n) is 5.34. The maximum absolute atomic E-state index is 12.8. The van der Waals surface area contributed by atoms with Gasteiger partial charge in [0.25, 0.3) is 0 Å². The van der Waals surface area contributed by atoms with E-state index in [4.69, 9.17) is 4.74 Å². The van der Waals surface area contributed by atoms with Crippen molar-refractivity contribution in [2.45, 2.75) is 19.8 Å². The van der Waals surface area contributed by atoms with Crippen LogP contribution in [-0.2, 0) is 16.0 Å². The predicted octanol–water partition coefficient (Wildman–Crippen LogP) is 4.90. The maximum atomic E-state index is 12.8. The number of nitrogens with one attached hydrogen (secondary N) is 1. The predicted molar refractivity (Wildman–Crippen MR) is 121 cm³/mol. The summed E-state index contributed by atoms with van der Waals surface area (Å²) in [4.78, 5) is 27.5. The Morgan fingerprint density at radius 1 is 1.13 bits per heavy atom. The van der Waals surface area contributed by atoms with Gasteiger partial charge in [0.1, 0.15) is 10.6 Å². The normalized spacial score (nSPS) is 12.9. The van der Waals surface area contributed by atoms with Crippen molar-refractivity contribution in [2.24, 2.45) is 0 Å². The van der Waals surface area contributed by atoms with E-state index in [1.807, 2.05) is 48.7 Å². The lowest BCUT2D eigenvalue weighted by atomic mass is 10.0. The van der Waals surface area contributed by atoms with Crippen molar-refractivity contribution >= 4 is 33.9 Å². The molecule has 0 atom stereocenters. The fraction of sp³-hybridized carbons (Fsp3) is 0.250. The molecule has 30 heavy (non-hydrogen) atoms. The van der Waals surface area contributed by atoms with Crippen molar-refractivity contribution in [1.29, 1.82) is 0 Å². The molecule has 1 aliphatic rings. The van der Waals surface area contributed by atoms with Crippen LogP contribution in [0.25, 0.3) is 11.1 Å². The van der Waals surface area contributed by atoms with Crippen LogP contribution >= 0.6 is 11.3 Å². The van der Waals surface area contributed by atoms with Gasteiger partial charge in [0.05, 0.1) is 13.7 Å². The Hall–Kier alpha value is -3.12. The molecule has 0 bridgehead atoms. The topological polar surface area (TPSA) is 58.6 Å². The Kier molecular flexibility index (Phi) is 5.86. The summed E-state index contributed by atoms with van der Waals surface area (Å²) >= 11 is 1.34. The summed E-state index contributed by atoms with van der Waals surface area (Å²) in [6.45, 7) is 3.10. The van der Waals surface area contributed by atoms with Crippen molar-refractivity contribution in [3.63, 3.8) is 0 Å². The van der Waals surface area contributed by atoms with E-state index in [0.717, 1.165) is 41.8 Å². The van der Waals surface area contributed by atoms with Gasteiger partial charge in [-0.25, -0.2) is 4.79 Å². The van der Waals surface area contributed by atoms with E-state index in [9.17, 15) is 9.59 Å². The zero-order valence-electron chi connectivity index (χ0n) is 17.1. The standard InChI is InChI=1S/C24H24N2O3S/c1-16-9-11-17(12-10-16)19-15-30-23(22(19)24(28)29-2)25-21(27)14-26-13-5-7-18-6-3-4-8-20(18)26/h3-4,6,8-12,15H,5,7,13-14H2,1-2H3,(H,25,27). The summed E-state index contributed by atoms with van der Waals surface area (Å²) in [6.07, 6.45) is 2.06. The molecular formula is C24H24N2O3S. The second-order valence-corrected chi connectivity index (χ2v) is 8.29. The van der Waals surface area contributed by atoms with Crippen LogP contribution in [-0.4, -0.2) is 32.1 Å². The summed E-state index contributed by atoms with van der Waals surface area (Å²) in [5.74, 6) is -0.598. The van der Waals surface area contributed by atoms with E-state index >= 15 is 0 Å². The van der Waals surface area contributed by atoms with E-state index in [1.165, 1.54) is 24.0 Å². The molecule has 0 aliphatic carbocycles. The lowest BCUT2D eigenvalue weighted by molar-refractivity contribution is -0.115. The average Bonchev–Trinajstić information content (AvgIpc) is 3.17. The lowest BCUT2D eigenvalue weighted by Crippen LogP contribution is -2.36. The van der Waals surface area contributed by atoms with Crippen LogP contribution in [0.4, 0.5) is 10.7 Å². The Morgan fingerprint density at radius 2 is 1.90 bits per heavy atom. The molecule has 1 aliphatic heterocycles. The number of anilines is 2. The number of nitrogens with zero attached hydrogens (tertiary/aromatic N) is 1. The number of para-hydroxylation sites is 1. The first-order valence-corrected chi connectivity index (χ1v) is 10.8. The molecule has 0 saturated heterocycles. The van der Waals surface area contributed by atoms with E-state index in [0.29, 0.717) is 10.6 Å². The van der Waals surface area contributed by atoms with Gasteiger partial charge in [-0.05, 0) is 37.0 Å². The van der Waals surface area contributed by atoms with Gasteiger partial charge in [0.2, 0.25) is 5.91 Å². The van der Waals surface area contributed by atoms with E-state index < -0.39 is 5.97 Å². The second kappa shape index (κ2) is 8.71. The number of aryl methyl sites for hydroxylation is 2. The average molecular weight is 421 g/mol. The van der Waals surface area contributed by atoms with E-state index in [1.54, 1.807) is 0 Å². The third kappa shape index (κ3) is 4.09. The Labute approximate surface area is 180 Å². The third-order valence-corrected chi connectivity index (χ3v) is 6.23. The number of rotatable bonds is 5. The molecule has 1 aromatic heterocycles. The van der Waals surface area contributed by atoms with Crippen molar-refractivity contribution in [3.05, 3.63) is 70.6 Å². The number of thiophene rings is 1. The van der Waals surface area contributed by atoms with Gasteiger partial charge in [-0.2, -0.15) is 0 Å². The van der Waals surface area contributed by atoms with Crippen LogP contribution in [0.1, 0.15) is 27.9 Å². The van der Waals surface area contributed by atoms with Crippen LogP contribution in [0.5, 0.6) is 0 Å². The molecule has 2 heterocycles. The first-order chi connectivity index (χ1) is 14.6. The van der Waals surface area contributed by atoms with Crippen molar-refractivity contribution in [3.8, 4) is 11.1 Å². The molecule has 3 aromatic rings. The Bertz CT molecular complexity index is 1070. The SMILES string of the molecule is COC(=O)c1c(-c2ccc(C)cc2)csc1NC(=O)CN1CCCc2ccccc21. The molecule has 1 amide bonds. The van der Waals surface area contributed by atoms with Gasteiger partial charge in [0.15, 0.2) is 0 Å². The molecule has 2 aromatic carbocycles. The van der Waals surface area contributed by atoms with Gasteiger partial charge in [-0.3, -0.25) is 4.79 Å². The number of amides is 1. The van der Waals surface area contributed by atoms with E-state index in [-0.39, 0.29) is 12.5 Å². The van der Waals surface area contributed by atoms with E-state index in [2.05, 4.69) is 22.3 Å². The van der Waals surface area contributed by atoms with Gasteiger partial charge >= 0.3 is 5.97 Å². The molecule has 0 unspecified atom stereocenters. The number of hydrogen-bond donors (Lipinski definition) is 1. The van der Waals surface area contributed by atoms with Crippen LogP contribution in [0.15, 0.2) is 53.9 Å². The molecule has 1 N–H and O–H groups in total. The van der Waals surface area contributed by atoms with Crippen LogP contribution in [0.2, 0.25) is 0 Å². The quantitative estimate of drug-likeness (QED) is 0.597. The first-order valence-electron chi connectivity index (χ1n) is 9.96. The number of benzene rings is 2. The zero-order valence-corrected chi connectivity index (χ0v) is 17.9. The van der Waals surface area contributed by atoms with Crippen molar-refractivity contribution in [2.75, 3.05) is 30.4 Å². The van der Waals surface area contributed by atoms with Gasteiger partial charge in [-0.15, -0.1) is 11.3 Å².